The van der Waals surface area contributed by atoms with Crippen LogP contribution in [0.15, 0.2) is 35.4 Å². The Hall–Kier alpha value is -1.40. The second kappa shape index (κ2) is 4.86. The highest BCUT2D eigenvalue weighted by molar-refractivity contribution is 7.80. The number of nitrogens with two attached hydrogens (primary N) is 1. The predicted octanol–water partition coefficient (Wildman–Crippen LogP) is 2.58. The lowest BCUT2D eigenvalue weighted by Crippen LogP contribution is -2.40. The highest BCUT2D eigenvalue weighted by atomic mass is 32.1. The van der Waals surface area contributed by atoms with Gasteiger partial charge in [-0.2, -0.15) is 0 Å². The molecule has 2 aliphatic rings. The van der Waals surface area contributed by atoms with Crippen molar-refractivity contribution in [2.24, 2.45) is 5.73 Å². The van der Waals surface area contributed by atoms with Crippen LogP contribution in [0.5, 0.6) is 0 Å². The number of allylic oxidation sites excluding steroid dienone is 3. The lowest BCUT2D eigenvalue weighted by atomic mass is 9.86. The molecule has 1 unspecified atom stereocenters. The van der Waals surface area contributed by atoms with Gasteiger partial charge in [-0.1, -0.05) is 30.4 Å². The number of thiocarbonyl (C=S) groups is 1. The van der Waals surface area contributed by atoms with Gasteiger partial charge in [0, 0.05) is 16.9 Å². The summed E-state index contributed by atoms with van der Waals surface area (Å²) in [7, 11) is -1.94. The third-order valence-corrected chi connectivity index (χ3v) is 4.31. The summed E-state index contributed by atoms with van der Waals surface area (Å²) >= 11 is 5.33. The number of rotatable bonds is 3. The molecule has 0 aromatic rings. The van der Waals surface area contributed by atoms with Crippen molar-refractivity contribution >= 4 is 31.2 Å². The van der Waals surface area contributed by atoms with Gasteiger partial charge in [0.15, 0.2) is 5.60 Å². The van der Waals surface area contributed by atoms with E-state index in [2.05, 4.69) is 0 Å². The SMILES string of the molecule is CC1(C2=CC=CCC2=S)OC(N)=C(O[Si](C)(C)C)C1=O. The molecule has 1 aliphatic heterocycles. The minimum atomic E-state index is -1.94. The normalized spacial score (nSPS) is 26.7. The molecule has 4 nitrogen and oxygen atoms in total. The summed E-state index contributed by atoms with van der Waals surface area (Å²) in [6.45, 7) is 7.66. The van der Waals surface area contributed by atoms with Crippen LogP contribution in [0, 0.1) is 0 Å². The Labute approximate surface area is 125 Å². The van der Waals surface area contributed by atoms with E-state index in [0.29, 0.717) is 16.9 Å². The van der Waals surface area contributed by atoms with E-state index in [1.54, 1.807) is 6.92 Å². The summed E-state index contributed by atoms with van der Waals surface area (Å²) < 4.78 is 11.4. The van der Waals surface area contributed by atoms with Gasteiger partial charge < -0.3 is 14.9 Å². The average molecular weight is 309 g/mol. The van der Waals surface area contributed by atoms with E-state index in [1.807, 2.05) is 37.9 Å². The van der Waals surface area contributed by atoms with Gasteiger partial charge in [0.05, 0.1) is 0 Å². The summed E-state index contributed by atoms with van der Waals surface area (Å²) in [5.74, 6) is -0.0515. The van der Waals surface area contributed by atoms with Crippen molar-refractivity contribution in [2.45, 2.75) is 38.6 Å². The number of carbonyl (C=O) groups is 1. The van der Waals surface area contributed by atoms with E-state index in [0.717, 1.165) is 0 Å². The van der Waals surface area contributed by atoms with E-state index in [-0.39, 0.29) is 17.4 Å². The molecular formula is C14H19NO3SSi. The first-order valence-electron chi connectivity index (χ1n) is 6.48. The molecule has 2 N–H and O–H groups in total. The van der Waals surface area contributed by atoms with Gasteiger partial charge in [-0.3, -0.25) is 4.79 Å². The Morgan fingerprint density at radius 1 is 1.45 bits per heavy atom. The standard InChI is InChI=1S/C14H19NO3SSi/c1-14(9-7-5-6-8-10(9)19)12(16)11(13(15)17-14)18-20(2,3)4/h5-7H,8,15H2,1-4H3. The fourth-order valence-electron chi connectivity index (χ4n) is 2.19. The molecule has 0 radical (unpaired) electrons. The maximum Gasteiger partial charge on any atom is 0.249 e. The minimum Gasteiger partial charge on any atom is -0.538 e. The molecule has 0 amide bonds. The van der Waals surface area contributed by atoms with Crippen LogP contribution < -0.4 is 5.73 Å². The third-order valence-electron chi connectivity index (χ3n) is 3.10. The van der Waals surface area contributed by atoms with Crippen LogP contribution in [0.25, 0.3) is 0 Å². The van der Waals surface area contributed by atoms with E-state index >= 15 is 0 Å². The molecule has 1 heterocycles. The molecule has 2 rings (SSSR count). The Morgan fingerprint density at radius 2 is 2.10 bits per heavy atom. The molecule has 108 valence electrons. The first kappa shape index (κ1) is 15.0. The molecule has 0 aromatic carbocycles. The van der Waals surface area contributed by atoms with Gasteiger partial charge in [0.25, 0.3) is 0 Å². The second-order valence-electron chi connectivity index (χ2n) is 6.01. The molecule has 6 heteroatoms. The molecule has 0 saturated carbocycles. The summed E-state index contributed by atoms with van der Waals surface area (Å²) in [5, 5.41) is 0. The zero-order valence-electron chi connectivity index (χ0n) is 12.1. The topological polar surface area (TPSA) is 61.6 Å². The Balaban J connectivity index is 2.35. The molecule has 20 heavy (non-hydrogen) atoms. The van der Waals surface area contributed by atoms with Crippen LogP contribution in [-0.2, 0) is 14.0 Å². The summed E-state index contributed by atoms with van der Waals surface area (Å²) in [6, 6.07) is 0. The van der Waals surface area contributed by atoms with Crippen LogP contribution in [0.3, 0.4) is 0 Å². The predicted molar refractivity (Wildman–Crippen MR) is 84.6 cm³/mol. The second-order valence-corrected chi connectivity index (χ2v) is 10.9. The molecule has 0 spiro atoms. The first-order valence-corrected chi connectivity index (χ1v) is 10.3. The number of hydrogen-bond acceptors (Lipinski definition) is 5. The highest BCUT2D eigenvalue weighted by Gasteiger charge is 2.51. The van der Waals surface area contributed by atoms with Gasteiger partial charge in [0.1, 0.15) is 0 Å². The number of ether oxygens (including phenoxy) is 1. The lowest BCUT2D eigenvalue weighted by Gasteiger charge is -2.27. The fraction of sp³-hybridized carbons (Fsp3) is 0.429. The van der Waals surface area contributed by atoms with Crippen LogP contribution in [0.1, 0.15) is 13.3 Å². The summed E-state index contributed by atoms with van der Waals surface area (Å²) in [5.41, 5.74) is 5.38. The largest absolute Gasteiger partial charge is 0.538 e. The number of ketones is 1. The Morgan fingerprint density at radius 3 is 2.65 bits per heavy atom. The molecule has 0 fully saturated rings. The monoisotopic (exact) mass is 309 g/mol. The summed E-state index contributed by atoms with van der Waals surface area (Å²) in [6.07, 6.45) is 6.28. The van der Waals surface area contributed by atoms with Gasteiger partial charge in [0.2, 0.25) is 25.7 Å². The molecule has 1 atom stereocenters. The Bertz CT molecular complexity index is 571. The van der Waals surface area contributed by atoms with E-state index in [1.165, 1.54) is 0 Å². The van der Waals surface area contributed by atoms with Crippen molar-refractivity contribution in [1.29, 1.82) is 0 Å². The number of Topliss-reactive ketones (excluding diaryl/α,β-unsaturated/α-hetero) is 1. The average Bonchev–Trinajstić information content (AvgIpc) is 2.53. The van der Waals surface area contributed by atoms with E-state index < -0.39 is 13.9 Å². The lowest BCUT2D eigenvalue weighted by molar-refractivity contribution is -0.127. The van der Waals surface area contributed by atoms with Gasteiger partial charge in [-0.25, -0.2) is 0 Å². The zero-order chi connectivity index (χ0) is 15.1. The third kappa shape index (κ3) is 2.58. The van der Waals surface area contributed by atoms with Crippen LogP contribution in [0.4, 0.5) is 0 Å². The number of carbonyl (C=O) groups excluding carboxylic acids is 1. The van der Waals surface area contributed by atoms with Crippen molar-refractivity contribution in [1.82, 2.24) is 0 Å². The molecule has 1 aliphatic carbocycles. The molecule has 0 saturated heterocycles. The van der Waals surface area contributed by atoms with Crippen molar-refractivity contribution in [2.75, 3.05) is 0 Å². The van der Waals surface area contributed by atoms with E-state index in [9.17, 15) is 4.79 Å². The molecule has 0 aromatic heterocycles. The molecular weight excluding hydrogens is 290 g/mol. The quantitative estimate of drug-likeness (QED) is 0.641. The van der Waals surface area contributed by atoms with Gasteiger partial charge in [-0.05, 0) is 26.6 Å². The van der Waals surface area contributed by atoms with Crippen molar-refractivity contribution in [3.05, 3.63) is 35.4 Å². The van der Waals surface area contributed by atoms with Crippen LogP contribution in [-0.4, -0.2) is 24.6 Å². The fourth-order valence-corrected chi connectivity index (χ4v) is 3.35. The van der Waals surface area contributed by atoms with Crippen molar-refractivity contribution in [3.63, 3.8) is 0 Å². The number of hydrogen-bond donors (Lipinski definition) is 1. The van der Waals surface area contributed by atoms with Gasteiger partial charge in [-0.15, -0.1) is 0 Å². The first-order chi connectivity index (χ1) is 9.15. The smallest absolute Gasteiger partial charge is 0.249 e. The highest BCUT2D eigenvalue weighted by Crippen LogP contribution is 2.37. The van der Waals surface area contributed by atoms with Crippen LogP contribution in [0.2, 0.25) is 19.6 Å². The Kier molecular flexibility index (Phi) is 3.64. The van der Waals surface area contributed by atoms with E-state index in [4.69, 9.17) is 27.1 Å². The van der Waals surface area contributed by atoms with Gasteiger partial charge >= 0.3 is 0 Å². The van der Waals surface area contributed by atoms with Crippen molar-refractivity contribution < 1.29 is 14.0 Å². The summed E-state index contributed by atoms with van der Waals surface area (Å²) in [4.78, 5) is 13.4. The van der Waals surface area contributed by atoms with Crippen molar-refractivity contribution in [3.8, 4) is 0 Å². The maximum absolute atomic E-state index is 12.7. The van der Waals surface area contributed by atoms with Crippen LogP contribution >= 0.6 is 12.2 Å². The minimum absolute atomic E-state index is 0.0539. The maximum atomic E-state index is 12.7. The molecule has 0 bridgehead atoms. The zero-order valence-corrected chi connectivity index (χ0v) is 14.0.